The van der Waals surface area contributed by atoms with E-state index in [0.717, 1.165) is 10.6 Å². The van der Waals surface area contributed by atoms with Crippen molar-refractivity contribution in [2.75, 3.05) is 20.0 Å². The van der Waals surface area contributed by atoms with Gasteiger partial charge in [-0.25, -0.2) is 0 Å². The van der Waals surface area contributed by atoms with Crippen LogP contribution in [0.25, 0.3) is 6.08 Å². The van der Waals surface area contributed by atoms with Gasteiger partial charge in [-0.2, -0.15) is 15.1 Å². The molecule has 1 amide bonds. The number of hydrazone groups is 1. The van der Waals surface area contributed by atoms with Gasteiger partial charge in [0.15, 0.2) is 28.8 Å². The second-order valence-corrected chi connectivity index (χ2v) is 8.49. The number of thioether (sulfide) groups is 1. The first-order valence-electron chi connectivity index (χ1n) is 10.8. The summed E-state index contributed by atoms with van der Waals surface area (Å²) in [5, 5.41) is 15.6. The standard InChI is InChI=1S/C24H22N4O5S/c1-3-30-17-7-6-15(11-19(17)31-4-2)12-21-27-28-22(25)16(23(29)26-24(28)34-21)9-14-5-8-18-20(10-14)33-13-32-18/h5-11,25H,3-4,12-13H2,1-2H3. The van der Waals surface area contributed by atoms with Gasteiger partial charge in [0, 0.05) is 6.42 Å². The smallest absolute Gasteiger partial charge is 0.283 e. The van der Waals surface area contributed by atoms with E-state index in [1.54, 1.807) is 24.3 Å². The molecule has 0 aliphatic carbocycles. The van der Waals surface area contributed by atoms with Crippen LogP contribution in [0.1, 0.15) is 25.0 Å². The SMILES string of the molecule is CCOc1ccc(CC2=NN3C(=N)C(=Cc4ccc5c(c4)OCO5)C(=O)N=C3S2)cc1OCC. The lowest BCUT2D eigenvalue weighted by atomic mass is 10.1. The molecule has 0 fully saturated rings. The Morgan fingerprint density at radius 3 is 2.71 bits per heavy atom. The normalized spacial score (nSPS) is 17.6. The number of ether oxygens (including phenoxy) is 4. The highest BCUT2D eigenvalue weighted by atomic mass is 32.2. The fourth-order valence-corrected chi connectivity index (χ4v) is 4.57. The van der Waals surface area contributed by atoms with Crippen molar-refractivity contribution in [1.29, 1.82) is 5.41 Å². The molecular formula is C24H22N4O5S. The van der Waals surface area contributed by atoms with Crippen molar-refractivity contribution < 1.29 is 23.7 Å². The largest absolute Gasteiger partial charge is 0.490 e. The molecular weight excluding hydrogens is 456 g/mol. The summed E-state index contributed by atoms with van der Waals surface area (Å²) in [5.74, 6) is 2.14. The predicted molar refractivity (Wildman–Crippen MR) is 130 cm³/mol. The third-order valence-electron chi connectivity index (χ3n) is 5.17. The van der Waals surface area contributed by atoms with Crippen LogP contribution >= 0.6 is 11.8 Å². The maximum atomic E-state index is 12.7. The predicted octanol–water partition coefficient (Wildman–Crippen LogP) is 4.07. The van der Waals surface area contributed by atoms with Crippen LogP contribution in [0, 0.1) is 5.41 Å². The average molecular weight is 479 g/mol. The first kappa shape index (κ1) is 22.0. The Balaban J connectivity index is 1.36. The fraction of sp³-hybridized carbons (Fsp3) is 0.250. The lowest BCUT2D eigenvalue weighted by Crippen LogP contribution is -2.35. The Hall–Kier alpha value is -3.79. The minimum atomic E-state index is -0.474. The monoisotopic (exact) mass is 478 g/mol. The number of amidine groups is 2. The van der Waals surface area contributed by atoms with Crippen LogP contribution in [-0.4, -0.2) is 47.0 Å². The van der Waals surface area contributed by atoms with Crippen molar-refractivity contribution in [3.63, 3.8) is 0 Å². The number of hydrogen-bond donors (Lipinski definition) is 1. The fourth-order valence-electron chi connectivity index (χ4n) is 3.65. The highest BCUT2D eigenvalue weighted by Crippen LogP contribution is 2.35. The molecule has 2 aromatic carbocycles. The molecule has 1 N–H and O–H groups in total. The zero-order valence-corrected chi connectivity index (χ0v) is 19.5. The number of carbonyl (C=O) groups excluding carboxylic acids is 1. The van der Waals surface area contributed by atoms with Gasteiger partial charge in [0.1, 0.15) is 5.04 Å². The Morgan fingerprint density at radius 1 is 1.09 bits per heavy atom. The van der Waals surface area contributed by atoms with Gasteiger partial charge in [-0.15, -0.1) is 0 Å². The molecule has 2 aromatic rings. The van der Waals surface area contributed by atoms with E-state index >= 15 is 0 Å². The van der Waals surface area contributed by atoms with Crippen LogP contribution < -0.4 is 18.9 Å². The van der Waals surface area contributed by atoms with Crippen LogP contribution in [0.2, 0.25) is 0 Å². The Morgan fingerprint density at radius 2 is 1.88 bits per heavy atom. The molecule has 0 bridgehead atoms. The highest BCUT2D eigenvalue weighted by molar-refractivity contribution is 8.26. The molecule has 0 radical (unpaired) electrons. The molecule has 174 valence electrons. The molecule has 0 saturated heterocycles. The van der Waals surface area contributed by atoms with Crippen molar-refractivity contribution in [2.45, 2.75) is 20.3 Å². The number of aliphatic imine (C=N–C) groups is 1. The van der Waals surface area contributed by atoms with E-state index in [1.165, 1.54) is 16.8 Å². The number of hydrogen-bond acceptors (Lipinski definition) is 8. The van der Waals surface area contributed by atoms with E-state index in [4.69, 9.17) is 24.4 Å². The van der Waals surface area contributed by atoms with Crippen molar-refractivity contribution in [3.05, 3.63) is 53.1 Å². The number of benzene rings is 2. The second kappa shape index (κ2) is 9.22. The van der Waals surface area contributed by atoms with E-state index in [9.17, 15) is 4.79 Å². The number of nitrogens with one attached hydrogen (secondary N) is 1. The van der Waals surface area contributed by atoms with Gasteiger partial charge in [-0.3, -0.25) is 10.2 Å². The molecule has 5 rings (SSSR count). The van der Waals surface area contributed by atoms with Gasteiger partial charge in [0.2, 0.25) is 12.0 Å². The van der Waals surface area contributed by atoms with Crippen molar-refractivity contribution in [1.82, 2.24) is 5.01 Å². The molecule has 9 nitrogen and oxygen atoms in total. The number of amides is 1. The number of carbonyl (C=O) groups is 1. The average Bonchev–Trinajstić information content (AvgIpc) is 3.45. The summed E-state index contributed by atoms with van der Waals surface area (Å²) in [5.41, 5.74) is 1.85. The van der Waals surface area contributed by atoms with Crippen molar-refractivity contribution >= 4 is 39.8 Å². The third-order valence-corrected chi connectivity index (χ3v) is 6.08. The number of rotatable bonds is 7. The summed E-state index contributed by atoms with van der Waals surface area (Å²) in [4.78, 5) is 16.9. The highest BCUT2D eigenvalue weighted by Gasteiger charge is 2.35. The first-order chi connectivity index (χ1) is 16.6. The van der Waals surface area contributed by atoms with E-state index in [1.807, 2.05) is 32.0 Å². The third kappa shape index (κ3) is 4.24. The van der Waals surface area contributed by atoms with Gasteiger partial charge in [0.05, 0.1) is 18.8 Å². The Bertz CT molecular complexity index is 1270. The van der Waals surface area contributed by atoms with Gasteiger partial charge >= 0.3 is 0 Å². The molecule has 3 heterocycles. The van der Waals surface area contributed by atoms with Gasteiger partial charge in [0.25, 0.3) is 5.91 Å². The molecule has 10 heteroatoms. The first-order valence-corrected chi connectivity index (χ1v) is 11.6. The number of fused-ring (bicyclic) bond motifs is 2. The van der Waals surface area contributed by atoms with E-state index in [2.05, 4.69) is 10.1 Å². The summed E-state index contributed by atoms with van der Waals surface area (Å²) in [6.45, 7) is 5.10. The number of nitrogens with zero attached hydrogens (tertiary/aromatic N) is 3. The molecule has 0 unspecified atom stereocenters. The Kier molecular flexibility index (Phi) is 5.97. The molecule has 0 saturated carbocycles. The summed E-state index contributed by atoms with van der Waals surface area (Å²) < 4.78 is 22.1. The summed E-state index contributed by atoms with van der Waals surface area (Å²) in [6, 6.07) is 11.1. The van der Waals surface area contributed by atoms with Gasteiger partial charge in [-0.1, -0.05) is 12.1 Å². The molecule has 34 heavy (non-hydrogen) atoms. The summed E-state index contributed by atoms with van der Waals surface area (Å²) >= 11 is 1.28. The molecule has 0 spiro atoms. The van der Waals surface area contributed by atoms with E-state index < -0.39 is 5.91 Å². The van der Waals surface area contributed by atoms with E-state index in [0.29, 0.717) is 53.4 Å². The van der Waals surface area contributed by atoms with E-state index in [-0.39, 0.29) is 18.2 Å². The summed E-state index contributed by atoms with van der Waals surface area (Å²) in [6.07, 6.45) is 2.13. The molecule has 0 atom stereocenters. The maximum Gasteiger partial charge on any atom is 0.283 e. The topological polar surface area (TPSA) is 106 Å². The second-order valence-electron chi connectivity index (χ2n) is 7.45. The Labute approximate surface area is 200 Å². The maximum absolute atomic E-state index is 12.7. The van der Waals surface area contributed by atoms with Crippen molar-refractivity contribution in [2.24, 2.45) is 10.1 Å². The zero-order chi connectivity index (χ0) is 23.7. The lowest BCUT2D eigenvalue weighted by Gasteiger charge is -2.20. The van der Waals surface area contributed by atoms with Gasteiger partial charge in [-0.05, 0) is 67.1 Å². The van der Waals surface area contributed by atoms with Crippen LogP contribution in [0.15, 0.2) is 52.1 Å². The molecule has 3 aliphatic rings. The summed E-state index contributed by atoms with van der Waals surface area (Å²) in [7, 11) is 0. The van der Waals surface area contributed by atoms with Crippen LogP contribution in [0.3, 0.4) is 0 Å². The minimum Gasteiger partial charge on any atom is -0.490 e. The quantitative estimate of drug-likeness (QED) is 0.598. The van der Waals surface area contributed by atoms with Gasteiger partial charge < -0.3 is 18.9 Å². The lowest BCUT2D eigenvalue weighted by molar-refractivity contribution is -0.114. The zero-order valence-electron chi connectivity index (χ0n) is 18.7. The van der Waals surface area contributed by atoms with Crippen molar-refractivity contribution in [3.8, 4) is 23.0 Å². The van der Waals surface area contributed by atoms with Crippen LogP contribution in [0.4, 0.5) is 0 Å². The van der Waals surface area contributed by atoms with Crippen LogP contribution in [0.5, 0.6) is 23.0 Å². The van der Waals surface area contributed by atoms with Crippen LogP contribution in [-0.2, 0) is 11.2 Å². The molecule has 0 aromatic heterocycles. The minimum absolute atomic E-state index is 0.0168. The molecule has 3 aliphatic heterocycles.